The summed E-state index contributed by atoms with van der Waals surface area (Å²) in [6.45, 7) is 2.59. The normalized spacial score (nSPS) is 13.1. The Labute approximate surface area is 121 Å². The second-order valence-corrected chi connectivity index (χ2v) is 4.45. The zero-order chi connectivity index (χ0) is 16.0. The van der Waals surface area contributed by atoms with Crippen LogP contribution in [0.15, 0.2) is 30.3 Å². The average Bonchev–Trinajstić information content (AvgIpc) is 2.45. The predicted octanol–water partition coefficient (Wildman–Crippen LogP) is 1.47. The van der Waals surface area contributed by atoms with Crippen LogP contribution in [0.4, 0.5) is 4.79 Å². The molecule has 1 aromatic rings. The van der Waals surface area contributed by atoms with Gasteiger partial charge in [-0.15, -0.1) is 0 Å². The van der Waals surface area contributed by atoms with Crippen molar-refractivity contribution in [1.82, 2.24) is 4.90 Å². The van der Waals surface area contributed by atoms with Crippen molar-refractivity contribution in [2.24, 2.45) is 0 Å². The molecule has 7 heteroatoms. The highest BCUT2D eigenvalue weighted by molar-refractivity contribution is 6.06. The maximum Gasteiger partial charge on any atom is 0.419 e. The molecule has 0 aromatic heterocycles. The number of aliphatic carboxylic acids is 1. The van der Waals surface area contributed by atoms with Crippen molar-refractivity contribution in [1.29, 1.82) is 0 Å². The van der Waals surface area contributed by atoms with Gasteiger partial charge in [0.15, 0.2) is 0 Å². The average molecular weight is 295 g/mol. The lowest BCUT2D eigenvalue weighted by molar-refractivity contribution is -0.170. The Morgan fingerprint density at radius 3 is 2.29 bits per heavy atom. The van der Waals surface area contributed by atoms with E-state index in [4.69, 9.17) is 9.84 Å². The summed E-state index contributed by atoms with van der Waals surface area (Å²) in [6.07, 6.45) is -0.716. The van der Waals surface area contributed by atoms with Crippen molar-refractivity contribution in [3.8, 4) is 0 Å². The molecule has 0 spiro atoms. The van der Waals surface area contributed by atoms with Crippen molar-refractivity contribution in [2.45, 2.75) is 26.0 Å². The molecule has 1 aromatic carbocycles. The lowest BCUT2D eigenvalue weighted by Gasteiger charge is -2.30. The van der Waals surface area contributed by atoms with E-state index in [1.54, 1.807) is 25.1 Å². The number of nitrogens with zero attached hydrogens (tertiary/aromatic N) is 1. The number of carbonyl (C=O) groups excluding carboxylic acids is 2. The highest BCUT2D eigenvalue weighted by Crippen LogP contribution is 2.18. The van der Waals surface area contributed by atoms with Crippen LogP contribution in [0.3, 0.4) is 0 Å². The molecule has 0 heterocycles. The van der Waals surface area contributed by atoms with Gasteiger partial charge in [-0.2, -0.15) is 0 Å². The number of imide groups is 1. The number of hydrogen-bond donors (Lipinski definition) is 2. The molecule has 1 atom stereocenters. The zero-order valence-electron chi connectivity index (χ0n) is 11.8. The maximum atomic E-state index is 12.3. The van der Waals surface area contributed by atoms with Crippen LogP contribution in [0.2, 0.25) is 0 Å². The largest absolute Gasteiger partial charge is 0.478 e. The van der Waals surface area contributed by atoms with E-state index in [1.165, 1.54) is 12.1 Å². The van der Waals surface area contributed by atoms with Gasteiger partial charge >= 0.3 is 12.1 Å². The monoisotopic (exact) mass is 295 g/mol. The van der Waals surface area contributed by atoms with E-state index in [9.17, 15) is 19.5 Å². The third-order valence-corrected chi connectivity index (χ3v) is 2.68. The minimum absolute atomic E-state index is 0.00705. The number of rotatable bonds is 5. The summed E-state index contributed by atoms with van der Waals surface area (Å²) in [7, 11) is 0. The molecule has 0 aliphatic rings. The van der Waals surface area contributed by atoms with Gasteiger partial charge in [0.2, 0.25) is 5.72 Å². The van der Waals surface area contributed by atoms with Crippen LogP contribution in [0.25, 0.3) is 0 Å². The van der Waals surface area contributed by atoms with Crippen LogP contribution >= 0.6 is 0 Å². The van der Waals surface area contributed by atoms with Crippen LogP contribution in [-0.4, -0.2) is 45.4 Å². The number of carboxylic acid groups (broad SMARTS) is 1. The summed E-state index contributed by atoms with van der Waals surface area (Å²) in [5, 5.41) is 19.0. The van der Waals surface area contributed by atoms with Gasteiger partial charge in [-0.25, -0.2) is 14.5 Å². The smallest absolute Gasteiger partial charge is 0.419 e. The Morgan fingerprint density at radius 2 is 1.81 bits per heavy atom. The molecule has 21 heavy (non-hydrogen) atoms. The van der Waals surface area contributed by atoms with E-state index >= 15 is 0 Å². The van der Waals surface area contributed by atoms with E-state index in [-0.39, 0.29) is 17.1 Å². The molecule has 0 radical (unpaired) electrons. The molecule has 2 N–H and O–H groups in total. The first kappa shape index (κ1) is 16.6. The minimum Gasteiger partial charge on any atom is -0.478 e. The Hall–Kier alpha value is -2.41. The van der Waals surface area contributed by atoms with E-state index in [0.717, 1.165) is 6.92 Å². The van der Waals surface area contributed by atoms with E-state index in [1.807, 2.05) is 0 Å². The van der Waals surface area contributed by atoms with Crippen molar-refractivity contribution in [3.63, 3.8) is 0 Å². The fourth-order valence-corrected chi connectivity index (χ4v) is 1.52. The fraction of sp³-hybridized carbons (Fsp3) is 0.357. The Balaban J connectivity index is 3.16. The van der Waals surface area contributed by atoms with Crippen molar-refractivity contribution < 1.29 is 29.3 Å². The van der Waals surface area contributed by atoms with Gasteiger partial charge in [0.05, 0.1) is 6.61 Å². The summed E-state index contributed by atoms with van der Waals surface area (Å²) in [5.41, 5.74) is -2.65. The lowest BCUT2D eigenvalue weighted by Crippen LogP contribution is -2.57. The topological polar surface area (TPSA) is 104 Å². The molecule has 0 bridgehead atoms. The third-order valence-electron chi connectivity index (χ3n) is 2.68. The first-order valence-electron chi connectivity index (χ1n) is 6.34. The van der Waals surface area contributed by atoms with Crippen molar-refractivity contribution in [2.75, 3.05) is 6.61 Å². The van der Waals surface area contributed by atoms with Gasteiger partial charge in [-0.05, 0) is 25.5 Å². The lowest BCUT2D eigenvalue weighted by atomic mass is 10.1. The van der Waals surface area contributed by atoms with Crippen LogP contribution in [0.1, 0.15) is 30.6 Å². The molecule has 0 saturated heterocycles. The predicted molar refractivity (Wildman–Crippen MR) is 72.5 cm³/mol. The minimum atomic E-state index is -2.71. The Morgan fingerprint density at radius 1 is 1.24 bits per heavy atom. The number of aliphatic hydroxyl groups is 1. The summed E-state index contributed by atoms with van der Waals surface area (Å²) < 4.78 is 4.78. The second-order valence-electron chi connectivity index (χ2n) is 4.45. The molecule has 2 amide bonds. The number of carboxylic acids is 1. The number of benzene rings is 1. The Bertz CT molecular complexity index is 526. The quantitative estimate of drug-likeness (QED) is 0.797. The molecule has 1 unspecified atom stereocenters. The SMILES string of the molecule is CCCOC(=O)N(C(=O)c1ccccc1)C(C)(O)C(=O)O. The van der Waals surface area contributed by atoms with E-state index in [2.05, 4.69) is 0 Å². The molecular formula is C14H17NO6. The molecule has 1 rings (SSSR count). The number of amides is 2. The van der Waals surface area contributed by atoms with Crippen molar-refractivity contribution in [3.05, 3.63) is 35.9 Å². The van der Waals surface area contributed by atoms with Gasteiger partial charge < -0.3 is 14.9 Å². The number of ether oxygens (including phenoxy) is 1. The zero-order valence-corrected chi connectivity index (χ0v) is 11.8. The van der Waals surface area contributed by atoms with E-state index in [0.29, 0.717) is 6.42 Å². The molecule has 114 valence electrons. The van der Waals surface area contributed by atoms with Crippen LogP contribution < -0.4 is 0 Å². The first-order valence-corrected chi connectivity index (χ1v) is 6.34. The summed E-state index contributed by atoms with van der Waals surface area (Å²) in [4.78, 5) is 35.5. The number of hydrogen-bond acceptors (Lipinski definition) is 5. The Kier molecular flexibility index (Phi) is 5.43. The maximum absolute atomic E-state index is 12.3. The highest BCUT2D eigenvalue weighted by Gasteiger charge is 2.46. The fourth-order valence-electron chi connectivity index (χ4n) is 1.52. The number of carbonyl (C=O) groups is 3. The van der Waals surface area contributed by atoms with Gasteiger partial charge in [-0.1, -0.05) is 25.1 Å². The van der Waals surface area contributed by atoms with Gasteiger partial charge in [-0.3, -0.25) is 4.79 Å². The molecule has 0 aliphatic heterocycles. The van der Waals surface area contributed by atoms with Crippen LogP contribution in [0.5, 0.6) is 0 Å². The molecule has 0 fully saturated rings. The third kappa shape index (κ3) is 3.79. The van der Waals surface area contributed by atoms with E-state index < -0.39 is 23.7 Å². The van der Waals surface area contributed by atoms with Crippen LogP contribution in [-0.2, 0) is 9.53 Å². The first-order chi connectivity index (χ1) is 9.82. The van der Waals surface area contributed by atoms with Crippen molar-refractivity contribution >= 4 is 18.0 Å². The molecule has 0 saturated carbocycles. The van der Waals surface area contributed by atoms with Gasteiger partial charge in [0.25, 0.3) is 5.91 Å². The second kappa shape index (κ2) is 6.85. The highest BCUT2D eigenvalue weighted by atomic mass is 16.6. The summed E-state index contributed by atoms with van der Waals surface area (Å²) in [5.74, 6) is -2.69. The standard InChI is InChI=1S/C14H17NO6/c1-3-9-21-13(19)15(14(2,20)12(17)18)11(16)10-7-5-4-6-8-10/h4-8,20H,3,9H2,1-2H3,(H,17,18). The van der Waals surface area contributed by atoms with Gasteiger partial charge in [0.1, 0.15) is 0 Å². The van der Waals surface area contributed by atoms with Gasteiger partial charge in [0, 0.05) is 5.56 Å². The molecular weight excluding hydrogens is 278 g/mol. The summed E-state index contributed by atoms with van der Waals surface area (Å²) in [6, 6.07) is 7.57. The molecule has 0 aliphatic carbocycles. The van der Waals surface area contributed by atoms with Crippen LogP contribution in [0, 0.1) is 0 Å². The summed E-state index contributed by atoms with van der Waals surface area (Å²) >= 11 is 0. The molecule has 7 nitrogen and oxygen atoms in total.